The molecule has 5 N–H and O–H groups in total. The van der Waals surface area contributed by atoms with Crippen LogP contribution in [0, 0.1) is 5.41 Å². The van der Waals surface area contributed by atoms with Crippen LogP contribution in [0.3, 0.4) is 0 Å². The molecule has 14 nitrogen and oxygen atoms in total. The first-order chi connectivity index (χ1) is 17.3. The number of guanidine groups is 1. The maximum atomic E-state index is 12.9. The number of hydrogen-bond acceptors (Lipinski definition) is 12. The zero-order valence-corrected chi connectivity index (χ0v) is 21.2. The number of alkyl halides is 1. The van der Waals surface area contributed by atoms with Crippen LogP contribution in [0.1, 0.15) is 12.7 Å². The van der Waals surface area contributed by atoms with Gasteiger partial charge in [0.05, 0.1) is 6.21 Å². The molecule has 0 saturated carbocycles. The number of allylic oxidation sites excluding steroid dienone is 1. The van der Waals surface area contributed by atoms with E-state index in [1.807, 2.05) is 11.8 Å². The summed E-state index contributed by atoms with van der Waals surface area (Å²) in [6.45, 7) is 3.69. The van der Waals surface area contributed by atoms with Crippen LogP contribution in [-0.2, 0) is 14.4 Å². The molecule has 4 heterocycles. The molecule has 2 saturated heterocycles. The zero-order valence-electron chi connectivity index (χ0n) is 19.6. The van der Waals surface area contributed by atoms with Crippen LogP contribution in [0.15, 0.2) is 21.5 Å². The molecule has 0 bridgehead atoms. The Morgan fingerprint density at radius 3 is 2.89 bits per heavy atom. The summed E-state index contributed by atoms with van der Waals surface area (Å²) in [5, 5.41) is 23.3. The van der Waals surface area contributed by atoms with Crippen LogP contribution < -0.4 is 16.4 Å². The average Bonchev–Trinajstić information content (AvgIpc) is 3.31. The van der Waals surface area contributed by atoms with Crippen molar-refractivity contribution >= 4 is 58.1 Å². The summed E-state index contributed by atoms with van der Waals surface area (Å²) in [6.07, 6.45) is 1.66. The predicted molar refractivity (Wildman–Crippen MR) is 134 cm³/mol. The van der Waals surface area contributed by atoms with E-state index in [4.69, 9.17) is 11.1 Å². The first-order valence-corrected chi connectivity index (χ1v) is 12.8. The van der Waals surface area contributed by atoms with Crippen LogP contribution in [0.25, 0.3) is 0 Å². The van der Waals surface area contributed by atoms with E-state index in [0.29, 0.717) is 11.7 Å². The molecule has 2 fully saturated rings. The van der Waals surface area contributed by atoms with E-state index in [0.717, 1.165) is 49.0 Å². The summed E-state index contributed by atoms with van der Waals surface area (Å²) in [5.41, 5.74) is 6.76. The topological polar surface area (TPSA) is 178 Å². The van der Waals surface area contributed by atoms with Gasteiger partial charge in [0.2, 0.25) is 17.5 Å². The smallest absolute Gasteiger partial charge is 0.278 e. The molecule has 3 aliphatic heterocycles. The van der Waals surface area contributed by atoms with Gasteiger partial charge in [0.15, 0.2) is 5.13 Å². The molecule has 0 radical (unpaired) electrons. The van der Waals surface area contributed by atoms with Crippen molar-refractivity contribution in [2.75, 3.05) is 51.6 Å². The number of carbonyl (C=O) groups is 2. The number of piperazine rings is 1. The number of β-lactam (4-membered cyclic amide) rings is 1. The van der Waals surface area contributed by atoms with Crippen molar-refractivity contribution in [3.63, 3.8) is 0 Å². The number of nitrogen functional groups attached to an aromatic ring is 1. The van der Waals surface area contributed by atoms with Gasteiger partial charge in [0.25, 0.3) is 18.7 Å². The fraction of sp³-hybridized carbons (Fsp3) is 0.526. The van der Waals surface area contributed by atoms with Gasteiger partial charge >= 0.3 is 0 Å². The van der Waals surface area contributed by atoms with E-state index in [1.165, 1.54) is 16.8 Å². The number of nitrogens with two attached hydrogens (primary N) is 1. The number of nitrogens with zero attached hydrogens (tertiary/aromatic N) is 7. The Labute approximate surface area is 214 Å². The van der Waals surface area contributed by atoms with Gasteiger partial charge < -0.3 is 26.1 Å². The molecule has 0 unspecified atom stereocenters. The molecule has 0 spiro atoms. The third-order valence-electron chi connectivity index (χ3n) is 5.75. The van der Waals surface area contributed by atoms with E-state index >= 15 is 0 Å². The van der Waals surface area contributed by atoms with Gasteiger partial charge in [-0.25, -0.2) is 9.40 Å². The third kappa shape index (κ3) is 5.26. The van der Waals surface area contributed by atoms with Gasteiger partial charge in [0, 0.05) is 61.8 Å². The molecule has 2 amide bonds. The Morgan fingerprint density at radius 2 is 2.22 bits per heavy atom. The van der Waals surface area contributed by atoms with Crippen LogP contribution >= 0.6 is 23.3 Å². The number of nitrogens with one attached hydrogen (secondary N) is 3. The summed E-state index contributed by atoms with van der Waals surface area (Å²) in [6, 6.07) is -0.814. The van der Waals surface area contributed by atoms with Gasteiger partial charge in [-0.1, -0.05) is 5.16 Å². The normalized spacial score (nSPS) is 22.4. The molecular formula is C19H26FN11O3S2. The molecule has 1 aromatic rings. The van der Waals surface area contributed by atoms with Crippen LogP contribution in [-0.4, -0.2) is 111 Å². The number of aromatic nitrogens is 2. The Kier molecular flexibility index (Phi) is 8.00. The van der Waals surface area contributed by atoms with Crippen molar-refractivity contribution < 1.29 is 18.8 Å². The minimum absolute atomic E-state index is 0.100. The van der Waals surface area contributed by atoms with E-state index in [-0.39, 0.29) is 27.9 Å². The summed E-state index contributed by atoms with van der Waals surface area (Å²) in [5.74, 6) is -0.334. The summed E-state index contributed by atoms with van der Waals surface area (Å²) >= 11 is 2.31. The number of hydrogen-bond donors (Lipinski definition) is 4. The van der Waals surface area contributed by atoms with Crippen molar-refractivity contribution in [2.24, 2.45) is 10.3 Å². The Bertz CT molecular complexity index is 1120. The van der Waals surface area contributed by atoms with Crippen molar-refractivity contribution in [3.05, 3.63) is 17.1 Å². The standard InChI is InChI=1S/C19H26FN11O3S2/c1-10-11(7-24-29(2)19(22)30-5-3-23-4-6-30)8-35-17-13(16(33)31(10)17)25-15(32)12(27-34-9-20)14-26-18(21)36-28-14/h7,13,17,22-23H,3-6,8-9H2,1-2H3,(H,25,32)(H2,21,26,28)/b22-19?,24-7-,27-12+/t13-,17-/m1/s1. The summed E-state index contributed by atoms with van der Waals surface area (Å²) in [7, 11) is 1.71. The molecule has 1 aromatic heterocycles. The first-order valence-electron chi connectivity index (χ1n) is 10.9. The molecule has 194 valence electrons. The largest absolute Gasteiger partial charge is 0.374 e. The molecule has 4 rings (SSSR count). The van der Waals surface area contributed by atoms with Crippen molar-refractivity contribution in [2.45, 2.75) is 18.3 Å². The molecule has 17 heteroatoms. The van der Waals surface area contributed by atoms with E-state index in [9.17, 15) is 14.0 Å². The predicted octanol–water partition coefficient (Wildman–Crippen LogP) is -0.801. The van der Waals surface area contributed by atoms with Crippen LogP contribution in [0.4, 0.5) is 9.52 Å². The number of amides is 2. The van der Waals surface area contributed by atoms with Gasteiger partial charge in [-0.2, -0.15) is 14.5 Å². The fourth-order valence-electron chi connectivity index (χ4n) is 3.80. The van der Waals surface area contributed by atoms with Crippen molar-refractivity contribution in [1.82, 2.24) is 34.8 Å². The quantitative estimate of drug-likeness (QED) is 0.148. The van der Waals surface area contributed by atoms with Gasteiger partial charge in [-0.3, -0.25) is 19.9 Å². The lowest BCUT2D eigenvalue weighted by Crippen LogP contribution is -2.70. The number of hydrazone groups is 1. The number of anilines is 1. The minimum atomic E-state index is -1.25. The third-order valence-corrected chi connectivity index (χ3v) is 7.59. The van der Waals surface area contributed by atoms with E-state index in [2.05, 4.69) is 35.1 Å². The first kappa shape index (κ1) is 25.8. The Balaban J connectivity index is 1.40. The van der Waals surface area contributed by atoms with Crippen molar-refractivity contribution in [1.29, 1.82) is 5.41 Å². The highest BCUT2D eigenvalue weighted by atomic mass is 32.2. The number of carbonyl (C=O) groups excluding carboxylic acids is 2. The van der Waals surface area contributed by atoms with Gasteiger partial charge in [-0.05, 0) is 6.92 Å². The highest BCUT2D eigenvalue weighted by Crippen LogP contribution is 2.39. The highest BCUT2D eigenvalue weighted by molar-refractivity contribution is 8.00. The van der Waals surface area contributed by atoms with Gasteiger partial charge in [0.1, 0.15) is 11.4 Å². The molecule has 36 heavy (non-hydrogen) atoms. The lowest BCUT2D eigenvalue weighted by atomic mass is 10.0. The number of halogens is 1. The lowest BCUT2D eigenvalue weighted by molar-refractivity contribution is -0.144. The van der Waals surface area contributed by atoms with E-state index < -0.39 is 18.8 Å². The van der Waals surface area contributed by atoms with E-state index in [1.54, 1.807) is 18.2 Å². The van der Waals surface area contributed by atoms with Crippen LogP contribution in [0.5, 0.6) is 0 Å². The van der Waals surface area contributed by atoms with Crippen molar-refractivity contribution in [3.8, 4) is 0 Å². The summed E-state index contributed by atoms with van der Waals surface area (Å²) < 4.78 is 16.4. The molecule has 0 aliphatic carbocycles. The number of rotatable bonds is 7. The number of oxime groups is 1. The zero-order chi connectivity index (χ0) is 25.8. The summed E-state index contributed by atoms with van der Waals surface area (Å²) in [4.78, 5) is 37.5. The Morgan fingerprint density at radius 1 is 1.47 bits per heavy atom. The molecule has 2 atom stereocenters. The lowest BCUT2D eigenvalue weighted by Gasteiger charge is -2.49. The molecule has 0 aromatic carbocycles. The number of fused-ring (bicyclic) bond motifs is 1. The second-order valence-electron chi connectivity index (χ2n) is 7.93. The van der Waals surface area contributed by atoms with Crippen LogP contribution in [0.2, 0.25) is 0 Å². The molecule has 3 aliphatic rings. The van der Waals surface area contributed by atoms with Gasteiger partial charge in [-0.15, -0.1) is 11.8 Å². The monoisotopic (exact) mass is 539 g/mol. The second kappa shape index (κ2) is 11.2. The Hall–Kier alpha value is -3.31. The average molecular weight is 540 g/mol. The SMILES string of the molecule is CC1=C(/C=N\N(C)C(=N)N2CCNCC2)CS[C@@H]2[C@H](NC(=O)/C(=N/OCF)c3nsc(N)n3)C(=O)N12. The maximum Gasteiger partial charge on any atom is 0.278 e. The fourth-order valence-corrected chi connectivity index (χ4v) is 5.65. The minimum Gasteiger partial charge on any atom is -0.374 e. The number of thioether (sulfide) groups is 1. The second-order valence-corrected chi connectivity index (χ2v) is 9.82. The highest BCUT2D eigenvalue weighted by Gasteiger charge is 2.51. The molecular weight excluding hydrogens is 513 g/mol. The maximum absolute atomic E-state index is 12.9.